The zero-order valence-corrected chi connectivity index (χ0v) is 16.0. The van der Waals surface area contributed by atoms with Gasteiger partial charge >= 0.3 is 0 Å². The number of nitrogens with zero attached hydrogens (tertiary/aromatic N) is 3. The Morgan fingerprint density at radius 3 is 2.56 bits per heavy atom. The summed E-state index contributed by atoms with van der Waals surface area (Å²) in [5.74, 6) is 0. The van der Waals surface area contributed by atoms with Crippen molar-refractivity contribution in [1.82, 2.24) is 14.5 Å². The van der Waals surface area contributed by atoms with Gasteiger partial charge in [0.05, 0.1) is 28.8 Å². The number of aryl methyl sites for hydroxylation is 1. The van der Waals surface area contributed by atoms with Crippen LogP contribution in [0.25, 0.3) is 0 Å². The number of benzene rings is 2. The zero-order chi connectivity index (χ0) is 19.4. The van der Waals surface area contributed by atoms with Crippen LogP contribution in [-0.4, -0.2) is 18.2 Å². The molecule has 0 spiro atoms. The maximum atomic E-state index is 12.5. The fraction of sp³-hybridized carbons (Fsp3) is 0.200. The Balaban J connectivity index is 1.79. The second kappa shape index (κ2) is 7.74. The molecule has 1 N–H and O–H groups in total. The van der Waals surface area contributed by atoms with E-state index < -0.39 is 10.0 Å². The topological polar surface area (TPSA) is 87.8 Å². The van der Waals surface area contributed by atoms with E-state index in [1.807, 2.05) is 54.9 Å². The first-order valence-corrected chi connectivity index (χ1v) is 9.95. The van der Waals surface area contributed by atoms with E-state index >= 15 is 0 Å². The van der Waals surface area contributed by atoms with Crippen molar-refractivity contribution >= 4 is 10.0 Å². The average molecular weight is 380 g/mol. The van der Waals surface area contributed by atoms with Crippen LogP contribution < -0.4 is 4.72 Å². The largest absolute Gasteiger partial charge is 0.265 e. The molecule has 0 aliphatic carbocycles. The van der Waals surface area contributed by atoms with Gasteiger partial charge < -0.3 is 0 Å². The molecule has 1 aromatic heterocycles. The summed E-state index contributed by atoms with van der Waals surface area (Å²) in [4.78, 5) is 0.0773. The maximum Gasteiger partial charge on any atom is 0.240 e. The summed E-state index contributed by atoms with van der Waals surface area (Å²) in [6.45, 7) is 4.58. The van der Waals surface area contributed by atoms with Crippen LogP contribution in [0.15, 0.2) is 59.5 Å². The van der Waals surface area contributed by atoms with E-state index in [1.54, 1.807) is 12.1 Å². The van der Waals surface area contributed by atoms with Gasteiger partial charge in [0, 0.05) is 17.8 Å². The molecule has 0 radical (unpaired) electrons. The van der Waals surface area contributed by atoms with Crippen LogP contribution in [-0.2, 0) is 23.1 Å². The predicted octanol–water partition coefficient (Wildman–Crippen LogP) is 2.90. The summed E-state index contributed by atoms with van der Waals surface area (Å²) in [6, 6.07) is 17.9. The molecule has 0 aliphatic rings. The molecule has 1 heterocycles. The third-order valence-electron chi connectivity index (χ3n) is 4.42. The van der Waals surface area contributed by atoms with Gasteiger partial charge in [0.1, 0.15) is 0 Å². The molecule has 6 nitrogen and oxygen atoms in total. The molecule has 3 aromatic rings. The zero-order valence-electron chi connectivity index (χ0n) is 15.2. The second-order valence-electron chi connectivity index (χ2n) is 6.26. The fourth-order valence-electron chi connectivity index (χ4n) is 2.88. The molecule has 0 saturated carbocycles. The summed E-state index contributed by atoms with van der Waals surface area (Å²) in [5, 5.41) is 13.5. The molecule has 0 atom stereocenters. The van der Waals surface area contributed by atoms with Crippen LogP contribution in [0.2, 0.25) is 0 Å². The highest BCUT2D eigenvalue weighted by Gasteiger charge is 2.18. The third kappa shape index (κ3) is 4.25. The molecule has 0 fully saturated rings. The minimum Gasteiger partial charge on any atom is -0.265 e. The normalized spacial score (nSPS) is 11.3. The molecule has 0 saturated heterocycles. The Morgan fingerprint density at radius 2 is 1.85 bits per heavy atom. The van der Waals surface area contributed by atoms with E-state index in [9.17, 15) is 8.42 Å². The maximum absolute atomic E-state index is 12.5. The molecule has 0 amide bonds. The quantitative estimate of drug-likeness (QED) is 0.712. The molecule has 0 unspecified atom stereocenters. The van der Waals surface area contributed by atoms with E-state index in [-0.39, 0.29) is 11.4 Å². The van der Waals surface area contributed by atoms with E-state index in [2.05, 4.69) is 9.82 Å². The minimum absolute atomic E-state index is 0.0773. The van der Waals surface area contributed by atoms with Crippen molar-refractivity contribution in [3.63, 3.8) is 0 Å². The fourth-order valence-corrected chi connectivity index (χ4v) is 3.92. The number of hydrogen-bond donors (Lipinski definition) is 1. The molecule has 2 aromatic carbocycles. The van der Waals surface area contributed by atoms with Crippen LogP contribution in [0, 0.1) is 25.2 Å². The minimum atomic E-state index is -3.71. The van der Waals surface area contributed by atoms with Crippen molar-refractivity contribution in [2.75, 3.05) is 0 Å². The Morgan fingerprint density at radius 1 is 1.11 bits per heavy atom. The van der Waals surface area contributed by atoms with Crippen molar-refractivity contribution < 1.29 is 8.42 Å². The summed E-state index contributed by atoms with van der Waals surface area (Å²) in [6.07, 6.45) is 0. The second-order valence-corrected chi connectivity index (χ2v) is 8.02. The molecule has 7 heteroatoms. The lowest BCUT2D eigenvalue weighted by atomic mass is 10.2. The van der Waals surface area contributed by atoms with Gasteiger partial charge in [-0.15, -0.1) is 0 Å². The molecule has 138 valence electrons. The van der Waals surface area contributed by atoms with E-state index in [4.69, 9.17) is 5.26 Å². The summed E-state index contributed by atoms with van der Waals surface area (Å²) in [5.41, 5.74) is 4.00. The van der Waals surface area contributed by atoms with Gasteiger partial charge in [-0.3, -0.25) is 4.68 Å². The van der Waals surface area contributed by atoms with Gasteiger partial charge in [-0.1, -0.05) is 36.4 Å². The number of aromatic nitrogens is 2. The lowest BCUT2D eigenvalue weighted by Crippen LogP contribution is -2.24. The third-order valence-corrected chi connectivity index (χ3v) is 5.82. The van der Waals surface area contributed by atoms with Gasteiger partial charge in [-0.2, -0.15) is 10.4 Å². The number of nitrogens with one attached hydrogen (secondary N) is 1. The van der Waals surface area contributed by atoms with Gasteiger partial charge in [0.2, 0.25) is 10.0 Å². The summed E-state index contributed by atoms with van der Waals surface area (Å²) < 4.78 is 29.6. The number of rotatable bonds is 6. The summed E-state index contributed by atoms with van der Waals surface area (Å²) >= 11 is 0. The van der Waals surface area contributed by atoms with Crippen molar-refractivity contribution in [2.24, 2.45) is 0 Å². The van der Waals surface area contributed by atoms with Crippen molar-refractivity contribution in [3.05, 3.63) is 82.7 Å². The van der Waals surface area contributed by atoms with Crippen molar-refractivity contribution in [2.45, 2.75) is 31.8 Å². The number of nitriles is 1. The Bertz CT molecular complexity index is 1100. The van der Waals surface area contributed by atoms with Gasteiger partial charge in [0.15, 0.2) is 0 Å². The molecule has 3 rings (SSSR count). The lowest BCUT2D eigenvalue weighted by Gasteiger charge is -2.08. The Labute approximate surface area is 159 Å². The van der Waals surface area contributed by atoms with Gasteiger partial charge in [0.25, 0.3) is 0 Å². The SMILES string of the molecule is Cc1nn(Cc2ccccc2)c(C)c1CNS(=O)(=O)c1cccc(C#N)c1. The summed E-state index contributed by atoms with van der Waals surface area (Å²) in [7, 11) is -3.71. The van der Waals surface area contributed by atoms with Gasteiger partial charge in [-0.05, 0) is 37.6 Å². The Kier molecular flexibility index (Phi) is 5.40. The molecule has 0 bridgehead atoms. The highest BCUT2D eigenvalue weighted by atomic mass is 32.2. The lowest BCUT2D eigenvalue weighted by molar-refractivity contribution is 0.581. The standard InChI is InChI=1S/C20H20N4O2S/c1-15-20(16(2)24(23-15)14-17-7-4-3-5-8-17)13-22-27(25,26)19-10-6-9-18(11-19)12-21/h3-11,22H,13-14H2,1-2H3. The van der Waals surface area contributed by atoms with Crippen LogP contribution in [0.3, 0.4) is 0 Å². The monoisotopic (exact) mass is 380 g/mol. The molecular formula is C20H20N4O2S. The molecular weight excluding hydrogens is 360 g/mol. The van der Waals surface area contributed by atoms with Crippen LogP contribution in [0.5, 0.6) is 0 Å². The number of hydrogen-bond acceptors (Lipinski definition) is 4. The van der Waals surface area contributed by atoms with Crippen LogP contribution >= 0.6 is 0 Å². The van der Waals surface area contributed by atoms with E-state index in [1.165, 1.54) is 12.1 Å². The van der Waals surface area contributed by atoms with Crippen LogP contribution in [0.1, 0.15) is 28.1 Å². The highest BCUT2D eigenvalue weighted by Crippen LogP contribution is 2.17. The average Bonchev–Trinajstić information content (AvgIpc) is 2.94. The van der Waals surface area contributed by atoms with Crippen molar-refractivity contribution in [3.8, 4) is 6.07 Å². The smallest absolute Gasteiger partial charge is 0.240 e. The first kappa shape index (κ1) is 18.8. The van der Waals surface area contributed by atoms with E-state index in [0.29, 0.717) is 12.1 Å². The predicted molar refractivity (Wildman–Crippen MR) is 102 cm³/mol. The first-order chi connectivity index (χ1) is 12.9. The molecule has 27 heavy (non-hydrogen) atoms. The van der Waals surface area contributed by atoms with Gasteiger partial charge in [-0.25, -0.2) is 13.1 Å². The van der Waals surface area contributed by atoms with Crippen molar-refractivity contribution in [1.29, 1.82) is 5.26 Å². The highest BCUT2D eigenvalue weighted by molar-refractivity contribution is 7.89. The van der Waals surface area contributed by atoms with Crippen LogP contribution in [0.4, 0.5) is 0 Å². The van der Waals surface area contributed by atoms with E-state index in [0.717, 1.165) is 22.5 Å². The molecule has 0 aliphatic heterocycles. The first-order valence-electron chi connectivity index (χ1n) is 8.47. The Hall–Kier alpha value is -2.95. The number of sulfonamides is 1.